The van der Waals surface area contributed by atoms with E-state index in [0.717, 1.165) is 19.5 Å². The molecule has 0 aliphatic carbocycles. The molecule has 0 aromatic rings. The summed E-state index contributed by atoms with van der Waals surface area (Å²) >= 11 is 0. The number of aliphatic carboxylic acids is 1. The molecule has 3 fully saturated rings. The number of aliphatic hydroxyl groups is 1. The lowest BCUT2D eigenvalue weighted by Gasteiger charge is -2.34. The van der Waals surface area contributed by atoms with Crippen molar-refractivity contribution >= 4 is 25.0 Å². The molecule has 0 bridgehead atoms. The summed E-state index contributed by atoms with van der Waals surface area (Å²) in [5.74, 6) is -3.18. The Morgan fingerprint density at radius 3 is 2.88 bits per heavy atom. The van der Waals surface area contributed by atoms with E-state index in [1.165, 1.54) is 0 Å². The number of nitrogens with zero attached hydrogens (tertiary/aromatic N) is 1. The molecule has 3 rings (SSSR count). The first kappa shape index (κ1) is 18.1. The van der Waals surface area contributed by atoms with Crippen LogP contribution in [0.15, 0.2) is 0 Å². The van der Waals surface area contributed by atoms with E-state index in [4.69, 9.17) is 14.4 Å². The number of carbonyl (C=O) groups is 3. The van der Waals surface area contributed by atoms with Crippen molar-refractivity contribution in [1.82, 2.24) is 15.5 Å². The van der Waals surface area contributed by atoms with Crippen LogP contribution in [0.5, 0.6) is 0 Å². The van der Waals surface area contributed by atoms with Crippen LogP contribution >= 0.6 is 0 Å². The second-order valence-electron chi connectivity index (χ2n) is 6.51. The molecule has 3 aliphatic heterocycles. The number of aliphatic hydroxyl groups excluding tert-OH is 1. The van der Waals surface area contributed by atoms with Gasteiger partial charge in [0.05, 0.1) is 12.5 Å². The lowest BCUT2D eigenvalue weighted by atomic mass is 9.74. The molecule has 0 aromatic carbocycles. The topological polar surface area (TPSA) is 137 Å². The SMILES string of the molecule is O=C1OB([C@@H]2CCCN2C(=O)CN[C@@H]2CCNC2)OC(C(=O)O)C1O. The molecule has 3 heterocycles. The summed E-state index contributed by atoms with van der Waals surface area (Å²) in [6, 6.07) is 0.250. The first-order valence-electron chi connectivity index (χ1n) is 8.48. The van der Waals surface area contributed by atoms with Crippen molar-refractivity contribution in [3.8, 4) is 0 Å². The van der Waals surface area contributed by atoms with Gasteiger partial charge in [-0.1, -0.05) is 0 Å². The second kappa shape index (κ2) is 7.69. The molecule has 0 radical (unpaired) electrons. The van der Waals surface area contributed by atoms with E-state index < -0.39 is 37.2 Å². The fraction of sp³-hybridized carbons (Fsp3) is 0.786. The van der Waals surface area contributed by atoms with E-state index in [1.54, 1.807) is 4.90 Å². The number of carbonyl (C=O) groups excluding carboxylic acids is 2. The average molecular weight is 355 g/mol. The zero-order valence-corrected chi connectivity index (χ0v) is 13.7. The molecule has 25 heavy (non-hydrogen) atoms. The molecule has 3 saturated heterocycles. The summed E-state index contributed by atoms with van der Waals surface area (Å²) in [6.45, 7) is 2.39. The Hall–Kier alpha value is -1.69. The smallest absolute Gasteiger partial charge is 0.506 e. The van der Waals surface area contributed by atoms with Crippen LogP contribution in [0.3, 0.4) is 0 Å². The summed E-state index contributed by atoms with van der Waals surface area (Å²) in [4.78, 5) is 36.9. The minimum absolute atomic E-state index is 0.146. The molecule has 4 atom stereocenters. The van der Waals surface area contributed by atoms with Gasteiger partial charge in [-0.15, -0.1) is 0 Å². The number of rotatable bonds is 5. The molecule has 0 saturated carbocycles. The molecular weight excluding hydrogens is 333 g/mol. The van der Waals surface area contributed by atoms with Crippen LogP contribution < -0.4 is 10.6 Å². The van der Waals surface area contributed by atoms with Gasteiger partial charge in [-0.25, -0.2) is 4.79 Å². The van der Waals surface area contributed by atoms with Gasteiger partial charge in [0.25, 0.3) is 0 Å². The van der Waals surface area contributed by atoms with Crippen molar-refractivity contribution in [2.45, 2.75) is 43.5 Å². The van der Waals surface area contributed by atoms with Gasteiger partial charge in [-0.05, 0) is 25.8 Å². The van der Waals surface area contributed by atoms with Crippen molar-refractivity contribution in [2.75, 3.05) is 26.2 Å². The van der Waals surface area contributed by atoms with E-state index >= 15 is 0 Å². The molecule has 11 heteroatoms. The minimum atomic E-state index is -1.86. The van der Waals surface area contributed by atoms with Gasteiger partial charge in [0.1, 0.15) is 0 Å². The molecule has 4 N–H and O–H groups in total. The predicted molar refractivity (Wildman–Crippen MR) is 84.4 cm³/mol. The van der Waals surface area contributed by atoms with Gasteiger partial charge < -0.3 is 35.1 Å². The Morgan fingerprint density at radius 2 is 2.20 bits per heavy atom. The fourth-order valence-corrected chi connectivity index (χ4v) is 3.46. The van der Waals surface area contributed by atoms with Crippen LogP contribution in [0.2, 0.25) is 0 Å². The standard InChI is InChI=1S/C14H22BN3O7/c19-10(7-17-8-3-4-16-6-8)18-5-1-2-9(18)15-24-12(13(21)22)11(20)14(23)25-15/h8-9,11-12,16-17,20H,1-7H2,(H,21,22)/t8-,9+,11?,12?/m1/s1. The largest absolute Gasteiger partial charge is 0.552 e. The second-order valence-corrected chi connectivity index (χ2v) is 6.51. The van der Waals surface area contributed by atoms with E-state index in [9.17, 15) is 19.5 Å². The van der Waals surface area contributed by atoms with Gasteiger partial charge >= 0.3 is 19.1 Å². The first-order valence-corrected chi connectivity index (χ1v) is 8.48. The molecule has 0 aromatic heterocycles. The van der Waals surface area contributed by atoms with Crippen LogP contribution in [0.1, 0.15) is 19.3 Å². The van der Waals surface area contributed by atoms with Crippen molar-refractivity contribution in [2.24, 2.45) is 0 Å². The molecule has 0 spiro atoms. The minimum Gasteiger partial charge on any atom is -0.506 e. The maximum absolute atomic E-state index is 12.5. The predicted octanol–water partition coefficient (Wildman–Crippen LogP) is -2.66. The summed E-state index contributed by atoms with van der Waals surface area (Å²) in [6.07, 6.45) is -1.35. The van der Waals surface area contributed by atoms with Crippen LogP contribution in [0, 0.1) is 0 Å². The number of hydrogen-bond donors (Lipinski definition) is 4. The van der Waals surface area contributed by atoms with Gasteiger partial charge in [0.15, 0.2) is 12.2 Å². The number of carboxylic acid groups (broad SMARTS) is 1. The quantitative estimate of drug-likeness (QED) is 0.390. The molecule has 2 unspecified atom stereocenters. The van der Waals surface area contributed by atoms with E-state index in [1.807, 2.05) is 0 Å². The van der Waals surface area contributed by atoms with Crippen LogP contribution in [0.4, 0.5) is 0 Å². The van der Waals surface area contributed by atoms with Gasteiger partial charge in [0.2, 0.25) is 5.91 Å². The van der Waals surface area contributed by atoms with Gasteiger partial charge in [-0.3, -0.25) is 9.59 Å². The summed E-state index contributed by atoms with van der Waals surface area (Å²) in [5.41, 5.74) is 0. The van der Waals surface area contributed by atoms with Crippen LogP contribution in [-0.4, -0.2) is 90.4 Å². The lowest BCUT2D eigenvalue weighted by Crippen LogP contribution is -2.60. The average Bonchev–Trinajstić information content (AvgIpc) is 3.26. The van der Waals surface area contributed by atoms with Crippen LogP contribution in [-0.2, 0) is 23.7 Å². The summed E-state index contributed by atoms with van der Waals surface area (Å²) in [5, 5.41) is 25.0. The zero-order valence-electron chi connectivity index (χ0n) is 13.7. The van der Waals surface area contributed by atoms with Crippen molar-refractivity contribution < 1.29 is 33.9 Å². The number of hydrogen-bond acceptors (Lipinski definition) is 8. The Kier molecular flexibility index (Phi) is 5.57. The lowest BCUT2D eigenvalue weighted by molar-refractivity contribution is -0.172. The highest BCUT2D eigenvalue weighted by Crippen LogP contribution is 2.25. The third-order valence-electron chi connectivity index (χ3n) is 4.82. The van der Waals surface area contributed by atoms with Crippen molar-refractivity contribution in [3.05, 3.63) is 0 Å². The molecule has 10 nitrogen and oxygen atoms in total. The molecular formula is C14H22BN3O7. The Bertz CT molecular complexity index is 543. The molecule has 138 valence electrons. The monoisotopic (exact) mass is 355 g/mol. The fourth-order valence-electron chi connectivity index (χ4n) is 3.46. The van der Waals surface area contributed by atoms with Crippen molar-refractivity contribution in [1.29, 1.82) is 0 Å². The number of amides is 1. The maximum Gasteiger partial charge on any atom is 0.552 e. The Morgan fingerprint density at radius 1 is 1.40 bits per heavy atom. The highest BCUT2D eigenvalue weighted by atomic mass is 16.7. The number of likely N-dealkylation sites (tertiary alicyclic amines) is 1. The zero-order chi connectivity index (χ0) is 18.0. The summed E-state index contributed by atoms with van der Waals surface area (Å²) < 4.78 is 10.3. The van der Waals surface area contributed by atoms with Gasteiger partial charge in [0, 0.05) is 19.1 Å². The third-order valence-corrected chi connectivity index (χ3v) is 4.82. The Balaban J connectivity index is 1.61. The normalized spacial score (nSPS) is 32.8. The Labute approximate surface area is 145 Å². The highest BCUT2D eigenvalue weighted by molar-refractivity contribution is 6.50. The van der Waals surface area contributed by atoms with Crippen LogP contribution in [0.25, 0.3) is 0 Å². The van der Waals surface area contributed by atoms with Gasteiger partial charge in [-0.2, -0.15) is 0 Å². The van der Waals surface area contributed by atoms with E-state index in [2.05, 4.69) is 10.6 Å². The number of carboxylic acids is 1. The molecule has 3 aliphatic rings. The number of nitrogens with one attached hydrogen (secondary N) is 2. The highest BCUT2D eigenvalue weighted by Gasteiger charge is 2.52. The van der Waals surface area contributed by atoms with Crippen molar-refractivity contribution in [3.63, 3.8) is 0 Å². The van der Waals surface area contributed by atoms with E-state index in [0.29, 0.717) is 19.4 Å². The maximum atomic E-state index is 12.5. The summed E-state index contributed by atoms with van der Waals surface area (Å²) in [7, 11) is -1.18. The third kappa shape index (κ3) is 3.95. The van der Waals surface area contributed by atoms with E-state index in [-0.39, 0.29) is 18.5 Å². The first-order chi connectivity index (χ1) is 12.0. The molecule has 1 amide bonds.